The van der Waals surface area contributed by atoms with E-state index in [2.05, 4.69) is 29.8 Å². The van der Waals surface area contributed by atoms with Crippen molar-refractivity contribution in [1.82, 2.24) is 0 Å². The molecule has 0 aromatic carbocycles. The second-order valence-corrected chi connectivity index (χ2v) is 3.66. The maximum absolute atomic E-state index is 5.56. The Morgan fingerprint density at radius 2 is 2.09 bits per heavy atom. The van der Waals surface area contributed by atoms with Crippen LogP contribution in [0, 0.1) is 0 Å². The van der Waals surface area contributed by atoms with E-state index in [4.69, 9.17) is 4.74 Å². The largest absolute Gasteiger partial charge is 0.379 e. The van der Waals surface area contributed by atoms with Crippen LogP contribution in [0.15, 0.2) is 0 Å². The fourth-order valence-electron chi connectivity index (χ4n) is 0.971. The molecule has 0 amide bonds. The molecule has 68 valence electrons. The Morgan fingerprint density at radius 3 is 2.64 bits per heavy atom. The minimum atomic E-state index is 0.454. The molecule has 0 aliphatic carbocycles. The van der Waals surface area contributed by atoms with Crippen LogP contribution in [0.2, 0.25) is 0 Å². The van der Waals surface area contributed by atoms with Gasteiger partial charge in [-0.05, 0) is 26.2 Å². The summed E-state index contributed by atoms with van der Waals surface area (Å²) >= 11 is 3.39. The Bertz CT molecular complexity index is 76.0. The molecule has 0 aliphatic heterocycles. The Hall–Kier alpha value is 0.440. The van der Waals surface area contributed by atoms with Crippen LogP contribution in [0.5, 0.6) is 0 Å². The van der Waals surface area contributed by atoms with E-state index >= 15 is 0 Å². The fraction of sp³-hybridized carbons (Fsp3) is 1.00. The van der Waals surface area contributed by atoms with E-state index < -0.39 is 0 Å². The molecule has 0 fully saturated rings. The van der Waals surface area contributed by atoms with E-state index in [1.807, 2.05) is 0 Å². The Kier molecular flexibility index (Phi) is 8.88. The van der Waals surface area contributed by atoms with Gasteiger partial charge in [-0.2, -0.15) is 0 Å². The summed E-state index contributed by atoms with van der Waals surface area (Å²) in [6.07, 6.45) is 5.27. The van der Waals surface area contributed by atoms with Gasteiger partial charge in [0.2, 0.25) is 0 Å². The highest BCUT2D eigenvalue weighted by molar-refractivity contribution is 9.09. The van der Waals surface area contributed by atoms with Crippen molar-refractivity contribution in [3.8, 4) is 0 Å². The quantitative estimate of drug-likeness (QED) is 0.475. The zero-order valence-corrected chi connectivity index (χ0v) is 9.19. The van der Waals surface area contributed by atoms with Crippen LogP contribution in [0.3, 0.4) is 0 Å². The lowest BCUT2D eigenvalue weighted by Gasteiger charge is -2.10. The lowest BCUT2D eigenvalue weighted by Crippen LogP contribution is -2.08. The molecule has 0 N–H and O–H groups in total. The van der Waals surface area contributed by atoms with Gasteiger partial charge in [0.15, 0.2) is 0 Å². The number of ether oxygens (including phenoxy) is 1. The molecule has 0 aromatic rings. The Balaban J connectivity index is 2.97. The van der Waals surface area contributed by atoms with Gasteiger partial charge in [0.1, 0.15) is 0 Å². The average molecular weight is 223 g/mol. The molecule has 0 aromatic heterocycles. The first kappa shape index (κ1) is 11.4. The molecule has 0 saturated heterocycles. The van der Waals surface area contributed by atoms with Crippen molar-refractivity contribution >= 4 is 15.9 Å². The maximum atomic E-state index is 5.56. The maximum Gasteiger partial charge on any atom is 0.0546 e. The van der Waals surface area contributed by atoms with Crippen LogP contribution >= 0.6 is 15.9 Å². The molecule has 0 spiro atoms. The molecule has 0 saturated carbocycles. The number of hydrogen-bond donors (Lipinski definition) is 0. The molecule has 0 bridgehead atoms. The first-order chi connectivity index (χ1) is 5.31. The van der Waals surface area contributed by atoms with Gasteiger partial charge in [-0.25, -0.2) is 0 Å². The standard InChI is InChI=1S/C9H19BrO/c1-3-6-9(2)11-8-5-4-7-10/h9H,3-8H2,1-2H3. The van der Waals surface area contributed by atoms with Crippen molar-refractivity contribution in [2.75, 3.05) is 11.9 Å². The zero-order valence-electron chi connectivity index (χ0n) is 7.61. The van der Waals surface area contributed by atoms with Gasteiger partial charge in [0.25, 0.3) is 0 Å². The van der Waals surface area contributed by atoms with Gasteiger partial charge in [-0.3, -0.25) is 0 Å². The molecular weight excluding hydrogens is 204 g/mol. The highest BCUT2D eigenvalue weighted by Crippen LogP contribution is 2.02. The second-order valence-electron chi connectivity index (χ2n) is 2.87. The van der Waals surface area contributed by atoms with E-state index in [1.165, 1.54) is 25.7 Å². The second kappa shape index (κ2) is 8.54. The summed E-state index contributed by atoms with van der Waals surface area (Å²) in [5.74, 6) is 0. The third-order valence-corrected chi connectivity index (χ3v) is 2.19. The molecule has 1 nitrogen and oxygen atoms in total. The molecule has 0 radical (unpaired) electrons. The van der Waals surface area contributed by atoms with E-state index in [0.717, 1.165) is 11.9 Å². The van der Waals surface area contributed by atoms with Gasteiger partial charge >= 0.3 is 0 Å². The summed E-state index contributed by atoms with van der Waals surface area (Å²) in [5, 5.41) is 1.10. The summed E-state index contributed by atoms with van der Waals surface area (Å²) in [7, 11) is 0. The van der Waals surface area contributed by atoms with Crippen molar-refractivity contribution in [2.45, 2.75) is 45.6 Å². The molecule has 0 rings (SSSR count). The lowest BCUT2D eigenvalue weighted by atomic mass is 10.2. The number of unbranched alkanes of at least 4 members (excludes halogenated alkanes) is 1. The molecule has 0 heterocycles. The third kappa shape index (κ3) is 8.35. The monoisotopic (exact) mass is 222 g/mol. The highest BCUT2D eigenvalue weighted by atomic mass is 79.9. The lowest BCUT2D eigenvalue weighted by molar-refractivity contribution is 0.0581. The number of alkyl halides is 1. The smallest absolute Gasteiger partial charge is 0.0546 e. The van der Waals surface area contributed by atoms with Gasteiger partial charge in [0.05, 0.1) is 6.10 Å². The zero-order chi connectivity index (χ0) is 8.53. The highest BCUT2D eigenvalue weighted by Gasteiger charge is 1.98. The summed E-state index contributed by atoms with van der Waals surface area (Å²) < 4.78 is 5.56. The van der Waals surface area contributed by atoms with Crippen molar-refractivity contribution in [3.05, 3.63) is 0 Å². The normalized spacial score (nSPS) is 13.4. The van der Waals surface area contributed by atoms with E-state index in [0.29, 0.717) is 6.10 Å². The molecular formula is C9H19BrO. The molecule has 0 aliphatic rings. The van der Waals surface area contributed by atoms with Gasteiger partial charge in [-0.15, -0.1) is 0 Å². The Morgan fingerprint density at radius 1 is 1.36 bits per heavy atom. The van der Waals surface area contributed by atoms with Crippen LogP contribution in [-0.4, -0.2) is 18.0 Å². The van der Waals surface area contributed by atoms with Crippen molar-refractivity contribution < 1.29 is 4.74 Å². The van der Waals surface area contributed by atoms with E-state index in [-0.39, 0.29) is 0 Å². The Labute approximate surface area is 78.6 Å². The third-order valence-electron chi connectivity index (χ3n) is 1.63. The first-order valence-electron chi connectivity index (χ1n) is 4.48. The van der Waals surface area contributed by atoms with E-state index in [1.54, 1.807) is 0 Å². The molecule has 2 heteroatoms. The predicted octanol–water partition coefficient (Wildman–Crippen LogP) is 3.37. The van der Waals surface area contributed by atoms with Gasteiger partial charge < -0.3 is 4.74 Å². The summed E-state index contributed by atoms with van der Waals surface area (Å²) in [5.41, 5.74) is 0. The minimum Gasteiger partial charge on any atom is -0.379 e. The predicted molar refractivity (Wildman–Crippen MR) is 53.4 cm³/mol. The topological polar surface area (TPSA) is 9.23 Å². The van der Waals surface area contributed by atoms with Crippen LogP contribution in [0.1, 0.15) is 39.5 Å². The number of halogens is 1. The van der Waals surface area contributed by atoms with Crippen molar-refractivity contribution in [1.29, 1.82) is 0 Å². The molecule has 1 unspecified atom stereocenters. The average Bonchev–Trinajstić information content (AvgIpc) is 1.99. The summed E-state index contributed by atoms with van der Waals surface area (Å²) in [6, 6.07) is 0. The number of hydrogen-bond acceptors (Lipinski definition) is 1. The van der Waals surface area contributed by atoms with E-state index in [9.17, 15) is 0 Å². The number of rotatable bonds is 7. The SMILES string of the molecule is CCCC(C)OCCCCBr. The molecule has 11 heavy (non-hydrogen) atoms. The van der Waals surface area contributed by atoms with Gasteiger partial charge in [0, 0.05) is 11.9 Å². The van der Waals surface area contributed by atoms with Gasteiger partial charge in [-0.1, -0.05) is 29.3 Å². The minimum absolute atomic E-state index is 0.454. The fourth-order valence-corrected chi connectivity index (χ4v) is 1.37. The van der Waals surface area contributed by atoms with Crippen LogP contribution in [-0.2, 0) is 4.74 Å². The van der Waals surface area contributed by atoms with Crippen LogP contribution < -0.4 is 0 Å². The van der Waals surface area contributed by atoms with Crippen LogP contribution in [0.25, 0.3) is 0 Å². The first-order valence-corrected chi connectivity index (χ1v) is 5.61. The van der Waals surface area contributed by atoms with Crippen molar-refractivity contribution in [2.24, 2.45) is 0 Å². The van der Waals surface area contributed by atoms with Crippen molar-refractivity contribution in [3.63, 3.8) is 0 Å². The summed E-state index contributed by atoms with van der Waals surface area (Å²) in [6.45, 7) is 5.27. The van der Waals surface area contributed by atoms with Crippen LogP contribution in [0.4, 0.5) is 0 Å². The summed E-state index contributed by atoms with van der Waals surface area (Å²) in [4.78, 5) is 0. The molecule has 1 atom stereocenters.